The number of sulfonamides is 1. The van der Waals surface area contributed by atoms with Gasteiger partial charge in [-0.25, -0.2) is 8.42 Å². The first-order valence-electron chi connectivity index (χ1n) is 10.5. The summed E-state index contributed by atoms with van der Waals surface area (Å²) in [5, 5.41) is 7.09. The van der Waals surface area contributed by atoms with Crippen LogP contribution in [0.5, 0.6) is 11.5 Å². The Bertz CT molecular complexity index is 1110. The number of aryl methyl sites for hydroxylation is 1. The molecule has 0 saturated carbocycles. The molecule has 3 aromatic rings. The maximum absolute atomic E-state index is 13.1. The predicted molar refractivity (Wildman–Crippen MR) is 117 cm³/mol. The molecule has 1 fully saturated rings. The molecule has 1 aliphatic heterocycles. The summed E-state index contributed by atoms with van der Waals surface area (Å²) in [5.41, 5.74) is 0.540. The van der Waals surface area contributed by atoms with Gasteiger partial charge in [0.1, 0.15) is 5.75 Å². The Labute approximate surface area is 182 Å². The van der Waals surface area contributed by atoms with Gasteiger partial charge >= 0.3 is 0 Å². The number of nitrogens with one attached hydrogen (secondary N) is 1. The smallest absolute Gasteiger partial charge is 0.245 e. The van der Waals surface area contributed by atoms with Crippen LogP contribution < -0.4 is 10.1 Å². The summed E-state index contributed by atoms with van der Waals surface area (Å²) in [5.74, 6) is 2.22. The van der Waals surface area contributed by atoms with Gasteiger partial charge in [0.25, 0.3) is 0 Å². The van der Waals surface area contributed by atoms with E-state index in [1.165, 1.54) is 0 Å². The normalized spacial score (nSPS) is 15.0. The summed E-state index contributed by atoms with van der Waals surface area (Å²) >= 11 is 0. The van der Waals surface area contributed by atoms with Crippen molar-refractivity contribution in [3.63, 3.8) is 0 Å². The van der Waals surface area contributed by atoms with Gasteiger partial charge < -0.3 is 14.6 Å². The molecule has 0 radical (unpaired) electrons. The minimum absolute atomic E-state index is 0.233. The van der Waals surface area contributed by atoms with Crippen molar-refractivity contribution in [3.8, 4) is 11.5 Å². The SMILES string of the molecule is CCc1noc(CNc2cc(S(=O)(=O)N3CCCCC3)ccc2Oc2ccccc2)n1. The molecular formula is C22H26N4O4S. The van der Waals surface area contributed by atoms with E-state index in [4.69, 9.17) is 9.26 Å². The molecule has 2 heterocycles. The van der Waals surface area contributed by atoms with Gasteiger partial charge in [-0.05, 0) is 43.2 Å². The molecule has 31 heavy (non-hydrogen) atoms. The third kappa shape index (κ3) is 5.05. The number of hydrogen-bond acceptors (Lipinski definition) is 7. The van der Waals surface area contributed by atoms with E-state index in [1.807, 2.05) is 37.3 Å². The molecule has 0 spiro atoms. The van der Waals surface area contributed by atoms with E-state index in [1.54, 1.807) is 22.5 Å². The topological polar surface area (TPSA) is 97.6 Å². The average Bonchev–Trinajstić information content (AvgIpc) is 3.28. The highest BCUT2D eigenvalue weighted by Gasteiger charge is 2.27. The highest BCUT2D eigenvalue weighted by molar-refractivity contribution is 7.89. The number of anilines is 1. The second kappa shape index (κ2) is 9.49. The largest absolute Gasteiger partial charge is 0.455 e. The third-order valence-corrected chi connectivity index (χ3v) is 7.03. The van der Waals surface area contributed by atoms with Crippen LogP contribution in [0, 0.1) is 0 Å². The molecule has 8 nitrogen and oxygen atoms in total. The van der Waals surface area contributed by atoms with Gasteiger partial charge in [0.15, 0.2) is 11.6 Å². The fraction of sp³-hybridized carbons (Fsp3) is 0.364. The summed E-state index contributed by atoms with van der Waals surface area (Å²) in [6.07, 6.45) is 3.51. The molecular weight excluding hydrogens is 416 g/mol. The van der Waals surface area contributed by atoms with Crippen molar-refractivity contribution in [2.45, 2.75) is 44.0 Å². The summed E-state index contributed by atoms with van der Waals surface area (Å²) in [7, 11) is -3.57. The Balaban J connectivity index is 1.62. The van der Waals surface area contributed by atoms with Gasteiger partial charge in [0.2, 0.25) is 15.9 Å². The van der Waals surface area contributed by atoms with Crippen molar-refractivity contribution >= 4 is 15.7 Å². The van der Waals surface area contributed by atoms with Crippen LogP contribution in [0.2, 0.25) is 0 Å². The Morgan fingerprint density at radius 3 is 2.58 bits per heavy atom. The van der Waals surface area contributed by atoms with Crippen LogP contribution in [0.15, 0.2) is 57.9 Å². The lowest BCUT2D eigenvalue weighted by Gasteiger charge is -2.26. The van der Waals surface area contributed by atoms with E-state index >= 15 is 0 Å². The monoisotopic (exact) mass is 442 g/mol. The van der Waals surface area contributed by atoms with Crippen LogP contribution in [0.1, 0.15) is 37.9 Å². The van der Waals surface area contributed by atoms with Gasteiger partial charge in [0, 0.05) is 19.5 Å². The number of ether oxygens (including phenoxy) is 1. The van der Waals surface area contributed by atoms with E-state index in [2.05, 4.69) is 15.5 Å². The second-order valence-corrected chi connectivity index (χ2v) is 9.29. The molecule has 0 atom stereocenters. The Kier molecular flexibility index (Phi) is 6.53. The fourth-order valence-electron chi connectivity index (χ4n) is 3.44. The van der Waals surface area contributed by atoms with Gasteiger partial charge in [-0.2, -0.15) is 9.29 Å². The number of nitrogens with zero attached hydrogens (tertiary/aromatic N) is 3. The van der Waals surface area contributed by atoms with E-state index in [9.17, 15) is 8.42 Å². The average molecular weight is 443 g/mol. The van der Waals surface area contributed by atoms with Crippen LogP contribution in [0.25, 0.3) is 0 Å². The first kappa shape index (κ1) is 21.3. The Morgan fingerprint density at radius 2 is 1.87 bits per heavy atom. The van der Waals surface area contributed by atoms with Crippen LogP contribution in [-0.4, -0.2) is 36.0 Å². The molecule has 0 amide bonds. The van der Waals surface area contributed by atoms with Crippen molar-refractivity contribution in [3.05, 3.63) is 60.2 Å². The first-order chi connectivity index (χ1) is 15.1. The summed E-state index contributed by atoms with van der Waals surface area (Å²) in [6, 6.07) is 14.2. The Morgan fingerprint density at radius 1 is 1.10 bits per heavy atom. The van der Waals surface area contributed by atoms with Crippen LogP contribution in [0.4, 0.5) is 5.69 Å². The molecule has 164 valence electrons. The van der Waals surface area contributed by atoms with Gasteiger partial charge in [-0.1, -0.05) is 36.7 Å². The van der Waals surface area contributed by atoms with Crippen molar-refractivity contribution < 1.29 is 17.7 Å². The highest BCUT2D eigenvalue weighted by Crippen LogP contribution is 2.33. The number of benzene rings is 2. The lowest BCUT2D eigenvalue weighted by Crippen LogP contribution is -2.35. The summed E-state index contributed by atoms with van der Waals surface area (Å²) in [4.78, 5) is 4.53. The maximum atomic E-state index is 13.1. The van der Waals surface area contributed by atoms with Crippen LogP contribution in [-0.2, 0) is 23.0 Å². The highest BCUT2D eigenvalue weighted by atomic mass is 32.2. The zero-order chi connectivity index (χ0) is 21.7. The molecule has 0 bridgehead atoms. The molecule has 9 heteroatoms. The quantitative estimate of drug-likeness (QED) is 0.558. The zero-order valence-electron chi connectivity index (χ0n) is 17.5. The minimum Gasteiger partial charge on any atom is -0.455 e. The Hall–Kier alpha value is -2.91. The maximum Gasteiger partial charge on any atom is 0.245 e. The number of hydrogen-bond donors (Lipinski definition) is 1. The molecule has 1 saturated heterocycles. The van der Waals surface area contributed by atoms with Crippen LogP contribution >= 0.6 is 0 Å². The van der Waals surface area contributed by atoms with E-state index in [0.717, 1.165) is 19.3 Å². The lowest BCUT2D eigenvalue weighted by atomic mass is 10.2. The van der Waals surface area contributed by atoms with Gasteiger partial charge in [-0.15, -0.1) is 0 Å². The summed E-state index contributed by atoms with van der Waals surface area (Å²) < 4.78 is 39.1. The van der Waals surface area contributed by atoms with Crippen LogP contribution in [0.3, 0.4) is 0 Å². The number of para-hydroxylation sites is 1. The minimum atomic E-state index is -3.57. The fourth-order valence-corrected chi connectivity index (χ4v) is 4.99. The summed E-state index contributed by atoms with van der Waals surface area (Å²) in [6.45, 7) is 3.30. The second-order valence-electron chi connectivity index (χ2n) is 7.35. The number of rotatable bonds is 8. The van der Waals surface area contributed by atoms with E-state index < -0.39 is 10.0 Å². The standard InChI is InChI=1S/C22H26N4O4S/c1-2-21-24-22(30-25-21)16-23-19-15-18(31(27,28)26-13-7-4-8-14-26)11-12-20(19)29-17-9-5-3-6-10-17/h3,5-6,9-12,15,23H,2,4,7-8,13-14,16H2,1H3. The van der Waals surface area contributed by atoms with Gasteiger partial charge in [-0.3, -0.25) is 0 Å². The van der Waals surface area contributed by atoms with Gasteiger partial charge in [0.05, 0.1) is 17.1 Å². The van der Waals surface area contributed by atoms with E-state index in [0.29, 0.717) is 48.4 Å². The zero-order valence-corrected chi connectivity index (χ0v) is 18.3. The molecule has 0 aliphatic carbocycles. The number of aromatic nitrogens is 2. The number of piperidine rings is 1. The molecule has 4 rings (SSSR count). The van der Waals surface area contributed by atoms with Crippen molar-refractivity contribution in [1.29, 1.82) is 0 Å². The lowest BCUT2D eigenvalue weighted by molar-refractivity contribution is 0.346. The van der Waals surface area contributed by atoms with Crippen molar-refractivity contribution in [1.82, 2.24) is 14.4 Å². The third-order valence-electron chi connectivity index (χ3n) is 5.13. The first-order valence-corrected chi connectivity index (χ1v) is 11.9. The van der Waals surface area contributed by atoms with Crippen molar-refractivity contribution in [2.24, 2.45) is 0 Å². The molecule has 1 aliphatic rings. The van der Waals surface area contributed by atoms with Crippen molar-refractivity contribution in [2.75, 3.05) is 18.4 Å². The van der Waals surface area contributed by atoms with E-state index in [-0.39, 0.29) is 11.4 Å². The predicted octanol–water partition coefficient (Wildman–Crippen LogP) is 4.21. The molecule has 1 aromatic heterocycles. The molecule has 2 aromatic carbocycles. The molecule has 0 unspecified atom stereocenters. The molecule has 1 N–H and O–H groups in total.